The molecule has 0 atom stereocenters. The first-order valence-electron chi connectivity index (χ1n) is 8.31. The molecule has 0 saturated heterocycles. The Labute approximate surface area is 144 Å². The SMILES string of the molecule is CC(C)(C)CC(=O)Nc1nc2cc(F)c(C#N)c(F)c2n1C1CCC1. The number of benzene rings is 1. The van der Waals surface area contributed by atoms with Gasteiger partial charge in [-0.05, 0) is 24.7 Å². The van der Waals surface area contributed by atoms with Gasteiger partial charge in [-0.25, -0.2) is 13.8 Å². The molecule has 0 radical (unpaired) electrons. The maximum atomic E-state index is 14.7. The summed E-state index contributed by atoms with van der Waals surface area (Å²) in [5.41, 5.74) is -0.649. The number of halogens is 2. The van der Waals surface area contributed by atoms with Gasteiger partial charge in [-0.3, -0.25) is 10.1 Å². The Morgan fingerprint density at radius 1 is 1.44 bits per heavy atom. The zero-order valence-corrected chi connectivity index (χ0v) is 14.5. The number of hydrogen-bond acceptors (Lipinski definition) is 3. The van der Waals surface area contributed by atoms with Crippen LogP contribution in [0.2, 0.25) is 0 Å². The number of imidazole rings is 1. The lowest BCUT2D eigenvalue weighted by Crippen LogP contribution is -2.24. The van der Waals surface area contributed by atoms with E-state index in [2.05, 4.69) is 10.3 Å². The standard InChI is InChI=1S/C18H20F2N4O/c1-18(2,3)8-14(25)23-17-22-13-7-12(19)11(9-21)15(20)16(13)24(17)10-5-4-6-10/h7,10H,4-6,8H2,1-3H3,(H,22,23,25). The molecule has 132 valence electrons. The Morgan fingerprint density at radius 3 is 2.64 bits per heavy atom. The van der Waals surface area contributed by atoms with Gasteiger partial charge >= 0.3 is 0 Å². The van der Waals surface area contributed by atoms with Crippen LogP contribution in [0.3, 0.4) is 0 Å². The van der Waals surface area contributed by atoms with E-state index in [1.165, 1.54) is 0 Å². The zero-order valence-electron chi connectivity index (χ0n) is 14.5. The maximum absolute atomic E-state index is 14.7. The highest BCUT2D eigenvalue weighted by Crippen LogP contribution is 2.39. The fraction of sp³-hybridized carbons (Fsp3) is 0.500. The van der Waals surface area contributed by atoms with Crippen LogP contribution < -0.4 is 5.32 Å². The molecule has 7 heteroatoms. The molecule has 1 N–H and O–H groups in total. The molecule has 0 aliphatic heterocycles. The molecule has 1 aromatic carbocycles. The van der Waals surface area contributed by atoms with Crippen LogP contribution in [0.25, 0.3) is 11.0 Å². The van der Waals surface area contributed by atoms with Gasteiger partial charge in [0.2, 0.25) is 11.9 Å². The van der Waals surface area contributed by atoms with Crippen molar-refractivity contribution in [3.05, 3.63) is 23.3 Å². The lowest BCUT2D eigenvalue weighted by atomic mass is 9.92. The van der Waals surface area contributed by atoms with Crippen LogP contribution in [-0.4, -0.2) is 15.5 Å². The molecule has 1 aromatic heterocycles. The molecule has 0 spiro atoms. The smallest absolute Gasteiger partial charge is 0.227 e. The molecule has 1 heterocycles. The minimum absolute atomic E-state index is 0.0126. The Hall–Kier alpha value is -2.49. The topological polar surface area (TPSA) is 70.7 Å². The fourth-order valence-electron chi connectivity index (χ4n) is 3.03. The molecule has 1 amide bonds. The third-order valence-electron chi connectivity index (χ3n) is 4.36. The molecule has 1 fully saturated rings. The number of hydrogen-bond donors (Lipinski definition) is 1. The number of nitriles is 1. The van der Waals surface area contributed by atoms with Crippen LogP contribution in [0.4, 0.5) is 14.7 Å². The number of rotatable bonds is 3. The van der Waals surface area contributed by atoms with E-state index in [-0.39, 0.29) is 40.8 Å². The average Bonchev–Trinajstić information content (AvgIpc) is 2.73. The highest BCUT2D eigenvalue weighted by atomic mass is 19.1. The minimum atomic E-state index is -0.946. The number of carbonyl (C=O) groups excluding carboxylic acids is 1. The number of nitrogens with zero attached hydrogens (tertiary/aromatic N) is 3. The molecular formula is C18H20F2N4O. The molecule has 1 aliphatic rings. The van der Waals surface area contributed by atoms with E-state index >= 15 is 0 Å². The number of anilines is 1. The van der Waals surface area contributed by atoms with Gasteiger partial charge in [0, 0.05) is 18.5 Å². The molecule has 3 rings (SSSR count). The van der Waals surface area contributed by atoms with Crippen molar-refractivity contribution in [1.82, 2.24) is 9.55 Å². The average molecular weight is 346 g/mol. The Balaban J connectivity index is 2.11. The van der Waals surface area contributed by atoms with Gasteiger partial charge in [0.1, 0.15) is 23.0 Å². The van der Waals surface area contributed by atoms with Gasteiger partial charge in [-0.15, -0.1) is 0 Å². The monoisotopic (exact) mass is 346 g/mol. The summed E-state index contributed by atoms with van der Waals surface area (Å²) >= 11 is 0. The van der Waals surface area contributed by atoms with Crippen LogP contribution in [-0.2, 0) is 4.79 Å². The predicted octanol–water partition coefficient (Wildman–Crippen LogP) is 4.29. The van der Waals surface area contributed by atoms with Crippen molar-refractivity contribution in [2.24, 2.45) is 5.41 Å². The minimum Gasteiger partial charge on any atom is -0.304 e. The zero-order chi connectivity index (χ0) is 18.4. The van der Waals surface area contributed by atoms with Gasteiger partial charge in [0.05, 0.1) is 5.52 Å². The summed E-state index contributed by atoms with van der Waals surface area (Å²) in [7, 11) is 0. The molecule has 25 heavy (non-hydrogen) atoms. The second-order valence-corrected chi connectivity index (χ2v) is 7.70. The molecular weight excluding hydrogens is 326 g/mol. The highest BCUT2D eigenvalue weighted by molar-refractivity contribution is 5.92. The van der Waals surface area contributed by atoms with Gasteiger partial charge in [-0.2, -0.15) is 5.26 Å². The molecule has 5 nitrogen and oxygen atoms in total. The van der Waals surface area contributed by atoms with E-state index in [1.54, 1.807) is 10.6 Å². The van der Waals surface area contributed by atoms with Crippen molar-refractivity contribution in [2.75, 3.05) is 5.32 Å². The largest absolute Gasteiger partial charge is 0.304 e. The van der Waals surface area contributed by atoms with E-state index in [0.29, 0.717) is 0 Å². The fourth-order valence-corrected chi connectivity index (χ4v) is 3.03. The first kappa shape index (κ1) is 17.3. The van der Waals surface area contributed by atoms with Crippen LogP contribution in [0.5, 0.6) is 0 Å². The lowest BCUT2D eigenvalue weighted by molar-refractivity contribution is -0.117. The summed E-state index contributed by atoms with van der Waals surface area (Å²) in [5.74, 6) is -1.89. The second kappa shape index (κ2) is 6.10. The van der Waals surface area contributed by atoms with Crippen LogP contribution >= 0.6 is 0 Å². The van der Waals surface area contributed by atoms with Gasteiger partial charge in [0.25, 0.3) is 0 Å². The first-order chi connectivity index (χ1) is 11.7. The highest BCUT2D eigenvalue weighted by Gasteiger charge is 2.29. The predicted molar refractivity (Wildman–Crippen MR) is 90.0 cm³/mol. The van der Waals surface area contributed by atoms with Crippen LogP contribution in [0, 0.1) is 28.4 Å². The Morgan fingerprint density at radius 2 is 2.12 bits per heavy atom. The van der Waals surface area contributed by atoms with Crippen molar-refractivity contribution in [3.8, 4) is 6.07 Å². The number of aromatic nitrogens is 2. The summed E-state index contributed by atoms with van der Waals surface area (Å²) in [6.07, 6.45) is 2.92. The summed E-state index contributed by atoms with van der Waals surface area (Å²) in [6.45, 7) is 5.82. The molecule has 1 aliphatic carbocycles. The van der Waals surface area contributed by atoms with E-state index in [1.807, 2.05) is 20.8 Å². The maximum Gasteiger partial charge on any atom is 0.227 e. The van der Waals surface area contributed by atoms with Crippen LogP contribution in [0.15, 0.2) is 6.07 Å². The van der Waals surface area contributed by atoms with E-state index in [9.17, 15) is 13.6 Å². The number of carbonyl (C=O) groups is 1. The van der Waals surface area contributed by atoms with Crippen molar-refractivity contribution < 1.29 is 13.6 Å². The van der Waals surface area contributed by atoms with Gasteiger partial charge in [-0.1, -0.05) is 20.8 Å². The quantitative estimate of drug-likeness (QED) is 0.901. The summed E-state index contributed by atoms with van der Waals surface area (Å²) in [5, 5.41) is 11.7. The number of fused-ring (bicyclic) bond motifs is 1. The van der Waals surface area contributed by atoms with Crippen molar-refractivity contribution in [3.63, 3.8) is 0 Å². The van der Waals surface area contributed by atoms with Crippen molar-refractivity contribution in [2.45, 2.75) is 52.5 Å². The van der Waals surface area contributed by atoms with E-state index in [4.69, 9.17) is 5.26 Å². The Kier molecular flexibility index (Phi) is 4.23. The second-order valence-electron chi connectivity index (χ2n) is 7.70. The third kappa shape index (κ3) is 3.21. The summed E-state index contributed by atoms with van der Waals surface area (Å²) in [4.78, 5) is 16.5. The summed E-state index contributed by atoms with van der Waals surface area (Å²) < 4.78 is 30.2. The van der Waals surface area contributed by atoms with Gasteiger partial charge in [0.15, 0.2) is 5.82 Å². The molecule has 2 aromatic rings. The van der Waals surface area contributed by atoms with Gasteiger partial charge < -0.3 is 4.57 Å². The molecule has 0 unspecified atom stereocenters. The normalized spacial score (nSPS) is 15.0. The Bertz CT molecular complexity index is 885. The molecule has 0 bridgehead atoms. The van der Waals surface area contributed by atoms with E-state index in [0.717, 1.165) is 25.3 Å². The van der Waals surface area contributed by atoms with Crippen LogP contribution in [0.1, 0.15) is 58.1 Å². The third-order valence-corrected chi connectivity index (χ3v) is 4.36. The number of amides is 1. The summed E-state index contributed by atoms with van der Waals surface area (Å²) in [6, 6.07) is 2.60. The van der Waals surface area contributed by atoms with E-state index < -0.39 is 17.2 Å². The number of nitrogens with one attached hydrogen (secondary N) is 1. The molecule has 1 saturated carbocycles. The van der Waals surface area contributed by atoms with Crippen molar-refractivity contribution >= 4 is 22.9 Å². The first-order valence-corrected chi connectivity index (χ1v) is 8.31. The van der Waals surface area contributed by atoms with Crippen molar-refractivity contribution in [1.29, 1.82) is 5.26 Å². The lowest BCUT2D eigenvalue weighted by Gasteiger charge is -2.29.